The average Bonchev–Trinajstić information content (AvgIpc) is 3.01. The maximum Gasteiger partial charge on any atom is 0.328 e. The van der Waals surface area contributed by atoms with Crippen LogP contribution in [0.3, 0.4) is 0 Å². The van der Waals surface area contributed by atoms with Crippen molar-refractivity contribution < 1.29 is 24.6 Å². The molecule has 0 aromatic heterocycles. The van der Waals surface area contributed by atoms with Gasteiger partial charge in [-0.05, 0) is 86.0 Å². The van der Waals surface area contributed by atoms with Crippen molar-refractivity contribution in [3.63, 3.8) is 0 Å². The molecule has 0 atom stereocenters. The number of aryl methyl sites for hydroxylation is 1. The number of carboxylic acid groups (broad SMARTS) is 2. The molecule has 7 nitrogen and oxygen atoms in total. The number of aliphatic carboxylic acids is 2. The lowest BCUT2D eigenvalue weighted by molar-refractivity contribution is -0.134. The fourth-order valence-electron chi connectivity index (χ4n) is 5.71. The summed E-state index contributed by atoms with van der Waals surface area (Å²) in [7, 11) is 0. The smallest absolute Gasteiger partial charge is 0.328 e. The Balaban J connectivity index is 0.000000446. The molecule has 220 valence electrons. The summed E-state index contributed by atoms with van der Waals surface area (Å²) in [5, 5.41) is 15.6. The number of carboxylic acids is 2. The fraction of sp³-hybridized carbons (Fsp3) is 0.343. The molecule has 0 radical (unpaired) electrons. The van der Waals surface area contributed by atoms with Gasteiger partial charge in [0, 0.05) is 49.5 Å². The Kier molecular flexibility index (Phi) is 11.5. The van der Waals surface area contributed by atoms with E-state index >= 15 is 0 Å². The third kappa shape index (κ3) is 9.70. The van der Waals surface area contributed by atoms with Gasteiger partial charge in [-0.25, -0.2) is 9.59 Å². The Morgan fingerprint density at radius 3 is 1.95 bits per heavy atom. The van der Waals surface area contributed by atoms with E-state index in [-0.39, 0.29) is 0 Å². The van der Waals surface area contributed by atoms with Crippen molar-refractivity contribution in [2.75, 3.05) is 24.5 Å². The van der Waals surface area contributed by atoms with Crippen LogP contribution in [0.25, 0.3) is 0 Å². The lowest BCUT2D eigenvalue weighted by Crippen LogP contribution is -2.33. The molecule has 0 bridgehead atoms. The number of rotatable bonds is 10. The number of likely N-dealkylation sites (tertiary alicyclic amines) is 1. The quantitative estimate of drug-likeness (QED) is 0.221. The number of hydrogen-bond donors (Lipinski definition) is 2. The number of ketones is 1. The first-order valence-corrected chi connectivity index (χ1v) is 14.7. The van der Waals surface area contributed by atoms with Gasteiger partial charge in [-0.2, -0.15) is 0 Å². The van der Waals surface area contributed by atoms with E-state index in [9.17, 15) is 14.4 Å². The van der Waals surface area contributed by atoms with E-state index < -0.39 is 11.9 Å². The van der Waals surface area contributed by atoms with Crippen molar-refractivity contribution in [1.82, 2.24) is 4.90 Å². The number of carbonyl (C=O) groups excluding carboxylic acids is 1. The summed E-state index contributed by atoms with van der Waals surface area (Å²) < 4.78 is 0. The summed E-state index contributed by atoms with van der Waals surface area (Å²) in [4.78, 5) is 37.2. The van der Waals surface area contributed by atoms with E-state index in [2.05, 4.69) is 88.7 Å². The minimum atomic E-state index is -1.26. The molecule has 42 heavy (non-hydrogen) atoms. The number of hydrogen-bond acceptors (Lipinski definition) is 5. The van der Waals surface area contributed by atoms with Crippen LogP contribution in [-0.2, 0) is 29.1 Å². The first-order chi connectivity index (χ1) is 20.4. The first-order valence-electron chi connectivity index (χ1n) is 14.7. The van der Waals surface area contributed by atoms with Crippen molar-refractivity contribution in [2.45, 2.75) is 51.6 Å². The van der Waals surface area contributed by atoms with Gasteiger partial charge >= 0.3 is 11.9 Å². The van der Waals surface area contributed by atoms with Crippen LogP contribution < -0.4 is 4.90 Å². The van der Waals surface area contributed by atoms with E-state index in [4.69, 9.17) is 10.2 Å². The third-order valence-electron chi connectivity index (χ3n) is 7.94. The van der Waals surface area contributed by atoms with Crippen molar-refractivity contribution in [3.8, 4) is 0 Å². The summed E-state index contributed by atoms with van der Waals surface area (Å²) in [5.74, 6) is -1.52. The highest BCUT2D eigenvalue weighted by atomic mass is 16.4. The number of fused-ring (bicyclic) bond motifs is 1. The molecule has 2 aliphatic rings. The number of piperidine rings is 1. The predicted molar refractivity (Wildman–Crippen MR) is 165 cm³/mol. The Morgan fingerprint density at radius 2 is 1.36 bits per heavy atom. The number of carbonyl (C=O) groups is 3. The zero-order chi connectivity index (χ0) is 29.7. The molecule has 0 aliphatic carbocycles. The van der Waals surface area contributed by atoms with Crippen LogP contribution in [0.2, 0.25) is 0 Å². The minimum absolute atomic E-state index is 0.315. The standard InChI is InChI=1S/C31H36N2O.C4H4O4/c34-31(16-13-25-17-20-32(21-18-25)23-26-8-3-1-4-9-26)29-14-15-30-28(22-29)12-7-19-33(30)24-27-10-5-2-6-11-27;5-3(6)1-2-4(7)8/h1-6,8-11,14-15,22,25H,7,12-13,16-21,23-24H2;1-2H,(H,5,6)(H,7,8)/b;2-1+. The molecule has 1 saturated heterocycles. The van der Waals surface area contributed by atoms with E-state index in [1.807, 2.05) is 0 Å². The topological polar surface area (TPSA) is 98.2 Å². The molecule has 0 saturated carbocycles. The van der Waals surface area contributed by atoms with E-state index in [1.165, 1.54) is 35.2 Å². The Bertz CT molecular complexity index is 1330. The van der Waals surface area contributed by atoms with Gasteiger partial charge in [-0.15, -0.1) is 0 Å². The Hall–Kier alpha value is -4.23. The third-order valence-corrected chi connectivity index (χ3v) is 7.94. The average molecular weight is 569 g/mol. The SMILES string of the molecule is O=C(CCC1CCN(Cc2ccccc2)CC1)c1ccc2c(c1)CCCN2Cc1ccccc1.O=C(O)/C=C/C(=O)O. The highest BCUT2D eigenvalue weighted by Gasteiger charge is 2.22. The minimum Gasteiger partial charge on any atom is -0.478 e. The number of anilines is 1. The molecule has 1 fully saturated rings. The molecule has 0 spiro atoms. The van der Waals surface area contributed by atoms with Crippen molar-refractivity contribution in [2.24, 2.45) is 5.92 Å². The van der Waals surface area contributed by atoms with E-state index in [0.29, 0.717) is 30.3 Å². The summed E-state index contributed by atoms with van der Waals surface area (Å²) >= 11 is 0. The summed E-state index contributed by atoms with van der Waals surface area (Å²) in [6.07, 6.45) is 7.45. The molecule has 2 heterocycles. The van der Waals surface area contributed by atoms with Crippen molar-refractivity contribution in [1.29, 1.82) is 0 Å². The Morgan fingerprint density at radius 1 is 0.762 bits per heavy atom. The molecule has 5 rings (SSSR count). The van der Waals surface area contributed by atoms with E-state index in [0.717, 1.165) is 57.5 Å². The lowest BCUT2D eigenvalue weighted by Gasteiger charge is -2.32. The second-order valence-corrected chi connectivity index (χ2v) is 11.0. The molecular weight excluding hydrogens is 528 g/mol. The molecule has 2 aliphatic heterocycles. The highest BCUT2D eigenvalue weighted by Crippen LogP contribution is 2.30. The van der Waals surface area contributed by atoms with Gasteiger partial charge in [-0.3, -0.25) is 9.69 Å². The van der Waals surface area contributed by atoms with Crippen LogP contribution in [0.1, 0.15) is 59.2 Å². The number of Topliss-reactive ketones (excluding diaryl/α,β-unsaturated/α-hetero) is 1. The first kappa shape index (κ1) is 30.7. The predicted octanol–water partition coefficient (Wildman–Crippen LogP) is 6.23. The van der Waals surface area contributed by atoms with Crippen LogP contribution in [0.4, 0.5) is 5.69 Å². The lowest BCUT2D eigenvalue weighted by atomic mass is 9.89. The second-order valence-electron chi connectivity index (χ2n) is 11.0. The van der Waals surface area contributed by atoms with Gasteiger partial charge < -0.3 is 15.1 Å². The van der Waals surface area contributed by atoms with Crippen LogP contribution in [0, 0.1) is 5.92 Å². The zero-order valence-electron chi connectivity index (χ0n) is 24.0. The zero-order valence-corrected chi connectivity index (χ0v) is 24.0. The molecule has 3 aromatic carbocycles. The maximum atomic E-state index is 13.0. The molecule has 0 unspecified atom stereocenters. The molecular formula is C35H40N2O5. The van der Waals surface area contributed by atoms with Gasteiger partial charge in [0.2, 0.25) is 0 Å². The summed E-state index contributed by atoms with van der Waals surface area (Å²) in [6.45, 7) is 5.35. The normalized spacial score (nSPS) is 15.5. The number of benzene rings is 3. The second kappa shape index (κ2) is 15.7. The van der Waals surface area contributed by atoms with Crippen LogP contribution >= 0.6 is 0 Å². The van der Waals surface area contributed by atoms with Crippen LogP contribution in [0.15, 0.2) is 91.0 Å². The van der Waals surface area contributed by atoms with Gasteiger partial charge in [0.25, 0.3) is 0 Å². The summed E-state index contributed by atoms with van der Waals surface area (Å²) in [5.41, 5.74) is 6.28. The highest BCUT2D eigenvalue weighted by molar-refractivity contribution is 5.96. The Labute approximate surface area is 248 Å². The molecule has 0 amide bonds. The maximum absolute atomic E-state index is 13.0. The molecule has 2 N–H and O–H groups in total. The molecule has 7 heteroatoms. The van der Waals surface area contributed by atoms with Gasteiger partial charge in [-0.1, -0.05) is 60.7 Å². The molecule has 3 aromatic rings. The van der Waals surface area contributed by atoms with Crippen LogP contribution in [0.5, 0.6) is 0 Å². The van der Waals surface area contributed by atoms with E-state index in [1.54, 1.807) is 0 Å². The van der Waals surface area contributed by atoms with Gasteiger partial charge in [0.05, 0.1) is 0 Å². The van der Waals surface area contributed by atoms with Crippen molar-refractivity contribution >= 4 is 23.4 Å². The summed E-state index contributed by atoms with van der Waals surface area (Å²) in [6, 6.07) is 27.8. The van der Waals surface area contributed by atoms with Crippen LogP contribution in [-0.4, -0.2) is 52.5 Å². The van der Waals surface area contributed by atoms with Gasteiger partial charge in [0.15, 0.2) is 5.78 Å². The fourth-order valence-corrected chi connectivity index (χ4v) is 5.71. The van der Waals surface area contributed by atoms with Crippen molar-refractivity contribution in [3.05, 3.63) is 113 Å². The number of nitrogens with zero attached hydrogens (tertiary/aromatic N) is 2. The monoisotopic (exact) mass is 568 g/mol. The van der Waals surface area contributed by atoms with Gasteiger partial charge in [0.1, 0.15) is 0 Å². The largest absolute Gasteiger partial charge is 0.478 e.